The van der Waals surface area contributed by atoms with Crippen molar-refractivity contribution < 1.29 is 0 Å². The fraction of sp³-hybridized carbons (Fsp3) is 0.0545. The van der Waals surface area contributed by atoms with Crippen LogP contribution in [0.25, 0.3) is 99.6 Å². The van der Waals surface area contributed by atoms with Gasteiger partial charge in [0.05, 0.1) is 11.4 Å². The van der Waals surface area contributed by atoms with Gasteiger partial charge in [-0.05, 0) is 95.0 Å². The Morgan fingerprint density at radius 3 is 1.68 bits per heavy atom. The molecule has 1 aromatic heterocycles. The summed E-state index contributed by atoms with van der Waals surface area (Å²) in [6.07, 6.45) is 0. The zero-order valence-corrected chi connectivity index (χ0v) is 31.9. The van der Waals surface area contributed by atoms with Gasteiger partial charge in [0.2, 0.25) is 0 Å². The van der Waals surface area contributed by atoms with Crippen molar-refractivity contribution in [1.29, 1.82) is 0 Å². The van der Waals surface area contributed by atoms with E-state index in [1.165, 1.54) is 71.4 Å². The van der Waals surface area contributed by atoms with Gasteiger partial charge in [-0.25, -0.2) is 9.97 Å². The molecule has 0 spiro atoms. The fourth-order valence-corrected chi connectivity index (χ4v) is 9.30. The maximum absolute atomic E-state index is 5.33. The summed E-state index contributed by atoms with van der Waals surface area (Å²) < 4.78 is 0. The lowest BCUT2D eigenvalue weighted by Gasteiger charge is -2.21. The number of nitrogens with zero attached hydrogens (tertiary/aromatic N) is 2. The Balaban J connectivity index is 1.07. The van der Waals surface area contributed by atoms with Crippen LogP contribution in [0.5, 0.6) is 0 Å². The molecule has 0 saturated heterocycles. The molecule has 0 bridgehead atoms. The standard InChI is InChI=1S/C55H38N2/c1-55(2)48-28-14-26-43(53(48)52-42-23-9-7-16-36(42)29-32-49(52)55)39-21-12-20-38(33-39)41-30-31-47(45-25-11-10-24-44(41)45)54-56-50(37-17-4-3-5-18-37)34-51(57-54)46-27-13-19-35-15-6-8-22-40(35)46/h3-34H,1-2H3. The van der Waals surface area contributed by atoms with Gasteiger partial charge >= 0.3 is 0 Å². The molecule has 0 atom stereocenters. The third-order valence-corrected chi connectivity index (χ3v) is 12.1. The van der Waals surface area contributed by atoms with Crippen molar-refractivity contribution in [2.45, 2.75) is 19.3 Å². The minimum absolute atomic E-state index is 0.0955. The Morgan fingerprint density at radius 1 is 0.333 bits per heavy atom. The number of benzene rings is 9. The molecule has 2 heteroatoms. The summed E-state index contributed by atoms with van der Waals surface area (Å²) in [5, 5.41) is 7.25. The predicted molar refractivity (Wildman–Crippen MR) is 239 cm³/mol. The lowest BCUT2D eigenvalue weighted by Crippen LogP contribution is -2.14. The second-order valence-electron chi connectivity index (χ2n) is 15.7. The molecule has 1 aliphatic carbocycles. The second-order valence-corrected chi connectivity index (χ2v) is 15.7. The normalized spacial score (nSPS) is 12.9. The smallest absolute Gasteiger partial charge is 0.161 e. The van der Waals surface area contributed by atoms with E-state index in [1.807, 2.05) is 6.07 Å². The van der Waals surface area contributed by atoms with Crippen LogP contribution in [0, 0.1) is 0 Å². The third-order valence-electron chi connectivity index (χ3n) is 12.1. The van der Waals surface area contributed by atoms with Gasteiger partial charge < -0.3 is 0 Å². The Hall–Kier alpha value is -7.16. The lowest BCUT2D eigenvalue weighted by molar-refractivity contribution is 0.661. The van der Waals surface area contributed by atoms with Crippen LogP contribution in [0.3, 0.4) is 0 Å². The second kappa shape index (κ2) is 13.0. The summed E-state index contributed by atoms with van der Waals surface area (Å²) in [6.45, 7) is 4.73. The monoisotopic (exact) mass is 726 g/mol. The highest BCUT2D eigenvalue weighted by atomic mass is 14.9. The number of aromatic nitrogens is 2. The molecule has 2 nitrogen and oxygen atoms in total. The van der Waals surface area contributed by atoms with E-state index in [4.69, 9.17) is 9.97 Å². The largest absolute Gasteiger partial charge is 0.228 e. The van der Waals surface area contributed by atoms with E-state index in [0.29, 0.717) is 5.82 Å². The highest BCUT2D eigenvalue weighted by molar-refractivity contribution is 6.08. The van der Waals surface area contributed by atoms with Crippen molar-refractivity contribution in [3.8, 4) is 67.3 Å². The predicted octanol–water partition coefficient (Wildman–Crippen LogP) is 14.6. The van der Waals surface area contributed by atoms with E-state index in [0.717, 1.165) is 33.5 Å². The van der Waals surface area contributed by atoms with Gasteiger partial charge in [0.15, 0.2) is 5.82 Å². The van der Waals surface area contributed by atoms with E-state index in [-0.39, 0.29) is 5.41 Å². The van der Waals surface area contributed by atoms with Gasteiger partial charge in [0.25, 0.3) is 0 Å². The maximum Gasteiger partial charge on any atom is 0.161 e. The molecule has 0 unspecified atom stereocenters. The number of rotatable bonds is 5. The van der Waals surface area contributed by atoms with Crippen molar-refractivity contribution in [2.24, 2.45) is 0 Å². The number of fused-ring (bicyclic) bond motifs is 7. The molecular formula is C55H38N2. The summed E-state index contributed by atoms with van der Waals surface area (Å²) in [7, 11) is 0. The molecule has 0 N–H and O–H groups in total. The molecule has 0 aliphatic heterocycles. The zero-order chi connectivity index (χ0) is 38.1. The molecule has 0 saturated carbocycles. The molecule has 0 amide bonds. The Labute approximate surface area is 332 Å². The zero-order valence-electron chi connectivity index (χ0n) is 31.9. The van der Waals surface area contributed by atoms with Crippen LogP contribution in [-0.4, -0.2) is 9.97 Å². The van der Waals surface area contributed by atoms with Gasteiger partial charge in [-0.3, -0.25) is 0 Å². The molecule has 0 fully saturated rings. The molecule has 0 radical (unpaired) electrons. The highest BCUT2D eigenvalue weighted by Crippen LogP contribution is 2.54. The van der Waals surface area contributed by atoms with Crippen molar-refractivity contribution in [3.63, 3.8) is 0 Å². The van der Waals surface area contributed by atoms with Crippen LogP contribution in [0.2, 0.25) is 0 Å². The topological polar surface area (TPSA) is 25.8 Å². The van der Waals surface area contributed by atoms with Crippen LogP contribution in [0.15, 0.2) is 194 Å². The maximum atomic E-state index is 5.33. The summed E-state index contributed by atoms with van der Waals surface area (Å²) in [5.41, 5.74) is 15.2. The van der Waals surface area contributed by atoms with E-state index in [9.17, 15) is 0 Å². The summed E-state index contributed by atoms with van der Waals surface area (Å²) in [4.78, 5) is 10.6. The van der Waals surface area contributed by atoms with Crippen molar-refractivity contribution in [3.05, 3.63) is 205 Å². The molecule has 1 aliphatic rings. The average Bonchev–Trinajstić information content (AvgIpc) is 3.52. The number of hydrogen-bond donors (Lipinski definition) is 0. The quantitative estimate of drug-likeness (QED) is 0.176. The summed E-state index contributed by atoms with van der Waals surface area (Å²) in [6, 6.07) is 70.1. The first kappa shape index (κ1) is 33.2. The van der Waals surface area contributed by atoms with Gasteiger partial charge in [-0.15, -0.1) is 0 Å². The van der Waals surface area contributed by atoms with E-state index < -0.39 is 0 Å². The van der Waals surface area contributed by atoms with Gasteiger partial charge in [0.1, 0.15) is 0 Å². The van der Waals surface area contributed by atoms with Crippen molar-refractivity contribution in [2.75, 3.05) is 0 Å². The molecule has 268 valence electrons. The molecule has 1 heterocycles. The first-order valence-corrected chi connectivity index (χ1v) is 19.7. The number of hydrogen-bond acceptors (Lipinski definition) is 2. The fourth-order valence-electron chi connectivity index (χ4n) is 9.30. The molecule has 9 aromatic carbocycles. The van der Waals surface area contributed by atoms with Crippen LogP contribution >= 0.6 is 0 Å². The third kappa shape index (κ3) is 5.33. The van der Waals surface area contributed by atoms with Crippen molar-refractivity contribution in [1.82, 2.24) is 9.97 Å². The highest BCUT2D eigenvalue weighted by Gasteiger charge is 2.37. The van der Waals surface area contributed by atoms with Gasteiger partial charge in [0, 0.05) is 22.1 Å². The molecule has 57 heavy (non-hydrogen) atoms. The van der Waals surface area contributed by atoms with E-state index in [2.05, 4.69) is 202 Å². The van der Waals surface area contributed by atoms with E-state index >= 15 is 0 Å². The minimum Gasteiger partial charge on any atom is -0.228 e. The van der Waals surface area contributed by atoms with Crippen molar-refractivity contribution >= 4 is 32.3 Å². The van der Waals surface area contributed by atoms with Crippen LogP contribution in [0.4, 0.5) is 0 Å². The van der Waals surface area contributed by atoms with E-state index in [1.54, 1.807) is 0 Å². The summed E-state index contributed by atoms with van der Waals surface area (Å²) >= 11 is 0. The van der Waals surface area contributed by atoms with Gasteiger partial charge in [-0.1, -0.05) is 190 Å². The SMILES string of the molecule is CC1(C)c2cccc(-c3cccc(-c4ccc(-c5nc(-c6ccccc6)cc(-c6cccc7ccccc67)n5)c5ccccc45)c3)c2-c2c1ccc1ccccc21. The van der Waals surface area contributed by atoms with Crippen LogP contribution < -0.4 is 0 Å². The molecular weight excluding hydrogens is 689 g/mol. The Bertz CT molecular complexity index is 3210. The first-order chi connectivity index (χ1) is 28.0. The Morgan fingerprint density at radius 2 is 0.877 bits per heavy atom. The minimum atomic E-state index is -0.0955. The van der Waals surface area contributed by atoms with Gasteiger partial charge in [-0.2, -0.15) is 0 Å². The molecule has 10 aromatic rings. The molecule has 11 rings (SSSR count). The lowest BCUT2D eigenvalue weighted by atomic mass is 9.81. The van der Waals surface area contributed by atoms with Crippen LogP contribution in [-0.2, 0) is 5.41 Å². The summed E-state index contributed by atoms with van der Waals surface area (Å²) in [5.74, 6) is 0.712. The average molecular weight is 727 g/mol. The first-order valence-electron chi connectivity index (χ1n) is 19.7. The van der Waals surface area contributed by atoms with Crippen LogP contribution in [0.1, 0.15) is 25.0 Å². The Kier molecular flexibility index (Phi) is 7.55.